The molecule has 0 radical (unpaired) electrons. The summed E-state index contributed by atoms with van der Waals surface area (Å²) in [6, 6.07) is 9.74. The van der Waals surface area contributed by atoms with Crippen LogP contribution in [0.2, 0.25) is 0 Å². The average molecular weight is 236 g/mol. The molecule has 0 unspecified atom stereocenters. The molecule has 5 nitrogen and oxygen atoms in total. The smallest absolute Gasteiger partial charge is 0.282 e. The van der Waals surface area contributed by atoms with E-state index in [9.17, 15) is 8.42 Å². The van der Waals surface area contributed by atoms with E-state index in [1.54, 1.807) is 30.3 Å². The van der Waals surface area contributed by atoms with E-state index in [-0.39, 0.29) is 10.6 Å². The molecule has 6 heteroatoms. The molecule has 0 aromatic heterocycles. The molecule has 16 heavy (non-hydrogen) atoms. The fraction of sp³-hybridized carbons (Fsp3) is 0. The summed E-state index contributed by atoms with van der Waals surface area (Å²) in [7, 11) is -4.35. The Kier molecular flexibility index (Phi) is 2.45. The van der Waals surface area contributed by atoms with Crippen molar-refractivity contribution in [3.63, 3.8) is 0 Å². The third-order valence-electron chi connectivity index (χ3n) is 2.25. The minimum atomic E-state index is -4.35. The molecule has 0 aliphatic heterocycles. The molecule has 2 rings (SSSR count). The molecule has 2 aromatic carbocycles. The lowest BCUT2D eigenvalue weighted by molar-refractivity contribution is 0.483. The lowest BCUT2D eigenvalue weighted by atomic mass is 10.1. The Labute approximate surface area is 92.0 Å². The maximum absolute atomic E-state index is 11.1. The van der Waals surface area contributed by atoms with Gasteiger partial charge < -0.3 is 0 Å². The van der Waals surface area contributed by atoms with Crippen molar-refractivity contribution in [3.8, 4) is 0 Å². The van der Waals surface area contributed by atoms with Crippen molar-refractivity contribution < 1.29 is 13.0 Å². The number of hydrogen-bond donors (Lipinski definition) is 2. The van der Waals surface area contributed by atoms with Crippen molar-refractivity contribution in [2.75, 3.05) is 0 Å². The van der Waals surface area contributed by atoms with E-state index < -0.39 is 10.1 Å². The van der Waals surface area contributed by atoms with Crippen molar-refractivity contribution >= 4 is 26.6 Å². The van der Waals surface area contributed by atoms with Crippen molar-refractivity contribution in [1.29, 1.82) is 5.53 Å². The van der Waals surface area contributed by atoms with Crippen LogP contribution in [0.15, 0.2) is 46.4 Å². The number of benzene rings is 2. The molecule has 2 aromatic rings. The first-order valence-corrected chi connectivity index (χ1v) is 5.85. The zero-order valence-corrected chi connectivity index (χ0v) is 8.90. The number of nitrogens with zero attached hydrogens (tertiary/aromatic N) is 1. The van der Waals surface area contributed by atoms with E-state index in [1.807, 2.05) is 0 Å². The predicted octanol–water partition coefficient (Wildman–Crippen LogP) is 2.75. The highest BCUT2D eigenvalue weighted by molar-refractivity contribution is 7.86. The molecule has 0 saturated carbocycles. The molecule has 0 heterocycles. The topological polar surface area (TPSA) is 90.6 Å². The van der Waals surface area contributed by atoms with E-state index in [1.165, 1.54) is 6.07 Å². The van der Waals surface area contributed by atoms with Gasteiger partial charge in [-0.3, -0.25) is 4.55 Å². The van der Waals surface area contributed by atoms with E-state index in [0.717, 1.165) is 5.39 Å². The van der Waals surface area contributed by atoms with Gasteiger partial charge in [-0.1, -0.05) is 30.3 Å². The van der Waals surface area contributed by atoms with Crippen LogP contribution in [0.25, 0.3) is 10.8 Å². The van der Waals surface area contributed by atoms with Gasteiger partial charge in [-0.25, -0.2) is 5.53 Å². The van der Waals surface area contributed by atoms with E-state index in [2.05, 4.69) is 5.11 Å². The van der Waals surface area contributed by atoms with Gasteiger partial charge in [0.25, 0.3) is 10.1 Å². The van der Waals surface area contributed by atoms with Gasteiger partial charge in [-0.15, -0.1) is 0 Å². The predicted molar refractivity (Wildman–Crippen MR) is 58.6 cm³/mol. The van der Waals surface area contributed by atoms with Crippen LogP contribution >= 0.6 is 0 Å². The van der Waals surface area contributed by atoms with Crippen LogP contribution in [0, 0.1) is 5.53 Å². The summed E-state index contributed by atoms with van der Waals surface area (Å²) >= 11 is 0. The van der Waals surface area contributed by atoms with E-state index in [0.29, 0.717) is 5.39 Å². The van der Waals surface area contributed by atoms with Crippen LogP contribution in [0.4, 0.5) is 5.69 Å². The first kappa shape index (κ1) is 10.7. The first-order chi connectivity index (χ1) is 7.54. The van der Waals surface area contributed by atoms with Gasteiger partial charge in [-0.2, -0.15) is 13.5 Å². The van der Waals surface area contributed by atoms with Gasteiger partial charge in [0.05, 0.1) is 0 Å². The molecule has 82 valence electrons. The summed E-state index contributed by atoms with van der Waals surface area (Å²) in [4.78, 5) is -0.346. The highest BCUT2D eigenvalue weighted by Crippen LogP contribution is 2.32. The van der Waals surface area contributed by atoms with Crippen LogP contribution in [-0.4, -0.2) is 13.0 Å². The summed E-state index contributed by atoms with van der Waals surface area (Å²) in [6.07, 6.45) is 0. The van der Waals surface area contributed by atoms with E-state index >= 15 is 0 Å². The maximum atomic E-state index is 11.1. The van der Waals surface area contributed by atoms with Crippen molar-refractivity contribution in [1.82, 2.24) is 0 Å². The highest BCUT2D eigenvalue weighted by atomic mass is 32.2. The fourth-order valence-electron chi connectivity index (χ4n) is 1.56. The zero-order valence-electron chi connectivity index (χ0n) is 8.08. The minimum absolute atomic E-state index is 0.0411. The Morgan fingerprint density at radius 3 is 2.44 bits per heavy atom. The van der Waals surface area contributed by atoms with Crippen molar-refractivity contribution in [2.45, 2.75) is 4.90 Å². The van der Waals surface area contributed by atoms with Crippen molar-refractivity contribution in [2.24, 2.45) is 5.11 Å². The summed E-state index contributed by atoms with van der Waals surface area (Å²) < 4.78 is 31.1. The Balaban J connectivity index is 2.94. The molecule has 0 fully saturated rings. The molecular formula is C10H8N2O3S. The molecule has 0 amide bonds. The van der Waals surface area contributed by atoms with Crippen LogP contribution in [0.3, 0.4) is 0 Å². The lowest BCUT2D eigenvalue weighted by Gasteiger charge is -2.05. The Morgan fingerprint density at radius 2 is 1.81 bits per heavy atom. The molecule has 0 aliphatic rings. The molecule has 0 aliphatic carbocycles. The molecule has 0 bridgehead atoms. The second-order valence-electron chi connectivity index (χ2n) is 3.22. The van der Waals surface area contributed by atoms with Gasteiger partial charge in [0.15, 0.2) is 0 Å². The maximum Gasteiger partial charge on any atom is 0.296 e. The average Bonchev–Trinajstić information content (AvgIpc) is 2.26. The number of nitrogens with one attached hydrogen (secondary N) is 1. The standard InChI is InChI=1S/C10H8N2O3S/c11-12-10-8-4-2-1-3-7(8)5-6-9(10)16(13,14)15/h1-6,11H,(H,13,14,15). The zero-order chi connectivity index (χ0) is 11.8. The van der Waals surface area contributed by atoms with Gasteiger partial charge in [-0.05, 0) is 11.5 Å². The monoisotopic (exact) mass is 236 g/mol. The molecule has 0 saturated heterocycles. The Bertz CT molecular complexity index is 665. The number of hydrogen-bond acceptors (Lipinski definition) is 4. The Hall–Kier alpha value is -1.79. The third kappa shape index (κ3) is 1.68. The van der Waals surface area contributed by atoms with Crippen LogP contribution in [0.1, 0.15) is 0 Å². The SMILES string of the molecule is N=Nc1c(S(=O)(=O)O)ccc2ccccc12. The molecule has 0 atom stereocenters. The van der Waals surface area contributed by atoms with Crippen LogP contribution in [0.5, 0.6) is 0 Å². The first-order valence-electron chi connectivity index (χ1n) is 4.41. The normalized spacial score (nSPS) is 11.6. The summed E-state index contributed by atoms with van der Waals surface area (Å²) in [5.74, 6) is 0. The minimum Gasteiger partial charge on any atom is -0.282 e. The molecule has 2 N–H and O–H groups in total. The third-order valence-corrected chi connectivity index (χ3v) is 3.14. The summed E-state index contributed by atoms with van der Waals surface area (Å²) in [6.45, 7) is 0. The van der Waals surface area contributed by atoms with Gasteiger partial charge in [0.1, 0.15) is 10.6 Å². The number of rotatable bonds is 2. The second kappa shape index (κ2) is 3.66. The van der Waals surface area contributed by atoms with Gasteiger partial charge in [0, 0.05) is 5.39 Å². The van der Waals surface area contributed by atoms with Crippen molar-refractivity contribution in [3.05, 3.63) is 36.4 Å². The van der Waals surface area contributed by atoms with Gasteiger partial charge in [0.2, 0.25) is 0 Å². The Morgan fingerprint density at radius 1 is 1.12 bits per heavy atom. The summed E-state index contributed by atoms with van der Waals surface area (Å²) in [5.41, 5.74) is 6.95. The quantitative estimate of drug-likeness (QED) is 0.620. The number of fused-ring (bicyclic) bond motifs is 1. The van der Waals surface area contributed by atoms with Gasteiger partial charge >= 0.3 is 0 Å². The largest absolute Gasteiger partial charge is 0.296 e. The van der Waals surface area contributed by atoms with Crippen LogP contribution < -0.4 is 0 Å². The van der Waals surface area contributed by atoms with E-state index in [4.69, 9.17) is 10.1 Å². The van der Waals surface area contributed by atoms with Crippen LogP contribution in [-0.2, 0) is 10.1 Å². The second-order valence-corrected chi connectivity index (χ2v) is 4.61. The highest BCUT2D eigenvalue weighted by Gasteiger charge is 2.17. The molecular weight excluding hydrogens is 228 g/mol. The molecule has 0 spiro atoms. The lowest BCUT2D eigenvalue weighted by Crippen LogP contribution is -1.98. The fourth-order valence-corrected chi connectivity index (χ4v) is 2.20. The summed E-state index contributed by atoms with van der Waals surface area (Å²) in [5, 5.41) is 4.46.